The molecule has 1 fully saturated rings. The van der Waals surface area contributed by atoms with Gasteiger partial charge in [-0.05, 0) is 33.4 Å². The quantitative estimate of drug-likeness (QED) is 0.0622. The largest absolute Gasteiger partial charge is 0.475 e. The summed E-state index contributed by atoms with van der Waals surface area (Å²) >= 11 is 0. The van der Waals surface area contributed by atoms with Gasteiger partial charge in [0, 0.05) is 0 Å². The van der Waals surface area contributed by atoms with Crippen LogP contribution >= 0.6 is 7.82 Å². The maximum atomic E-state index is 14.6. The van der Waals surface area contributed by atoms with E-state index in [1.54, 1.807) is 0 Å². The third-order valence-electron chi connectivity index (χ3n) is 9.88. The van der Waals surface area contributed by atoms with Crippen LogP contribution in [0, 0.1) is 0 Å². The highest BCUT2D eigenvalue weighted by Crippen LogP contribution is 2.51. The standard InChI is InChI=1S/C49H51O9P/c50-59(56-35-43-27-15-5-16-28-43,57-36-44-29-17-6-18-30-44)58-38-46(52-32-40-21-9-2-10-22-40)48-49(54-34-42-25-13-4-14-26-42)47(53-33-41-23-11-3-12-24-41)45(37-55-48)51-31-39-19-7-1-8-20-39/h1-30,45-49H,31-38H2/t45?,46-,47?,48?,49+/m1/s1. The smallest absolute Gasteiger partial charge is 0.370 e. The Morgan fingerprint density at radius 3 is 1.22 bits per heavy atom. The molecular formula is C49H51O9P. The van der Waals surface area contributed by atoms with E-state index in [4.69, 9.17) is 37.3 Å². The molecule has 9 nitrogen and oxygen atoms in total. The van der Waals surface area contributed by atoms with Crippen molar-refractivity contribution in [1.82, 2.24) is 0 Å². The minimum absolute atomic E-state index is 0.0149. The fourth-order valence-corrected chi connectivity index (χ4v) is 7.87. The lowest BCUT2D eigenvalue weighted by Crippen LogP contribution is -2.60. The molecule has 1 aliphatic rings. The Hall–Kier alpha value is -4.77. The Balaban J connectivity index is 1.18. The minimum Gasteiger partial charge on any atom is -0.370 e. The zero-order chi connectivity index (χ0) is 40.4. The summed E-state index contributed by atoms with van der Waals surface area (Å²) in [7, 11) is -4.19. The zero-order valence-corrected chi connectivity index (χ0v) is 33.9. The van der Waals surface area contributed by atoms with Gasteiger partial charge in [0.1, 0.15) is 30.5 Å². The molecule has 306 valence electrons. The van der Waals surface area contributed by atoms with Gasteiger partial charge in [0.05, 0.1) is 52.9 Å². The van der Waals surface area contributed by atoms with Crippen LogP contribution in [0.15, 0.2) is 182 Å². The van der Waals surface area contributed by atoms with E-state index in [9.17, 15) is 4.57 Å². The summed E-state index contributed by atoms with van der Waals surface area (Å²) in [6.07, 6.45) is -3.38. The third-order valence-corrected chi connectivity index (χ3v) is 11.2. The van der Waals surface area contributed by atoms with Gasteiger partial charge >= 0.3 is 7.82 Å². The van der Waals surface area contributed by atoms with Gasteiger partial charge in [-0.2, -0.15) is 0 Å². The Labute approximate surface area is 347 Å². The van der Waals surface area contributed by atoms with Crippen LogP contribution in [0.4, 0.5) is 0 Å². The van der Waals surface area contributed by atoms with Crippen LogP contribution in [0.1, 0.15) is 33.4 Å². The Bertz CT molecular complexity index is 2050. The van der Waals surface area contributed by atoms with Crippen molar-refractivity contribution in [3.05, 3.63) is 215 Å². The maximum absolute atomic E-state index is 14.6. The maximum Gasteiger partial charge on any atom is 0.475 e. The first-order chi connectivity index (χ1) is 29.1. The van der Waals surface area contributed by atoms with E-state index >= 15 is 0 Å². The Kier molecular flexibility index (Phi) is 16.2. The van der Waals surface area contributed by atoms with E-state index in [0.717, 1.165) is 33.4 Å². The van der Waals surface area contributed by atoms with Gasteiger partial charge < -0.3 is 23.7 Å². The molecule has 3 unspecified atom stereocenters. The highest BCUT2D eigenvalue weighted by atomic mass is 31.2. The molecule has 1 saturated heterocycles. The topological polar surface area (TPSA) is 90.9 Å². The molecule has 0 aromatic heterocycles. The lowest BCUT2D eigenvalue weighted by Gasteiger charge is -2.44. The number of phosphoric acid groups is 1. The van der Waals surface area contributed by atoms with Crippen LogP contribution < -0.4 is 0 Å². The van der Waals surface area contributed by atoms with Crippen molar-refractivity contribution in [1.29, 1.82) is 0 Å². The van der Waals surface area contributed by atoms with Gasteiger partial charge in [-0.3, -0.25) is 13.6 Å². The molecule has 0 amide bonds. The number of hydrogen-bond donors (Lipinski definition) is 0. The number of phosphoric ester groups is 1. The lowest BCUT2D eigenvalue weighted by molar-refractivity contribution is -0.261. The molecule has 5 atom stereocenters. The molecule has 0 aliphatic carbocycles. The van der Waals surface area contributed by atoms with Gasteiger partial charge in [-0.15, -0.1) is 0 Å². The summed E-state index contributed by atoms with van der Waals surface area (Å²) in [4.78, 5) is 0. The van der Waals surface area contributed by atoms with E-state index in [0.29, 0.717) is 13.2 Å². The summed E-state index contributed by atoms with van der Waals surface area (Å²) in [5.41, 5.74) is 5.60. The van der Waals surface area contributed by atoms with E-state index in [2.05, 4.69) is 0 Å². The highest BCUT2D eigenvalue weighted by Gasteiger charge is 2.47. The minimum atomic E-state index is -4.19. The second-order valence-electron chi connectivity index (χ2n) is 14.3. The first-order valence-electron chi connectivity index (χ1n) is 20.0. The molecule has 0 bridgehead atoms. The van der Waals surface area contributed by atoms with Gasteiger partial charge in [-0.25, -0.2) is 4.57 Å². The fraction of sp³-hybridized carbons (Fsp3) is 0.265. The lowest BCUT2D eigenvalue weighted by atomic mass is 9.95. The molecule has 59 heavy (non-hydrogen) atoms. The number of ether oxygens (including phenoxy) is 5. The van der Waals surface area contributed by atoms with E-state index in [-0.39, 0.29) is 39.6 Å². The molecule has 6 aromatic carbocycles. The highest BCUT2D eigenvalue weighted by molar-refractivity contribution is 7.48. The van der Waals surface area contributed by atoms with Gasteiger partial charge in [0.15, 0.2) is 0 Å². The van der Waals surface area contributed by atoms with E-state index in [1.165, 1.54) is 0 Å². The fourth-order valence-electron chi connectivity index (χ4n) is 6.71. The van der Waals surface area contributed by atoms with Crippen LogP contribution in [0.3, 0.4) is 0 Å². The van der Waals surface area contributed by atoms with Crippen LogP contribution in [0.2, 0.25) is 0 Å². The van der Waals surface area contributed by atoms with Crippen molar-refractivity contribution in [3.8, 4) is 0 Å². The van der Waals surface area contributed by atoms with Crippen molar-refractivity contribution >= 4 is 7.82 Å². The average molecular weight is 815 g/mol. The number of benzene rings is 6. The van der Waals surface area contributed by atoms with Crippen LogP contribution in [0.5, 0.6) is 0 Å². The second-order valence-corrected chi connectivity index (χ2v) is 15.9. The SMILES string of the molecule is O=P(OCc1ccccc1)(OCc1ccccc1)OC[C@@H](OCc1ccccc1)C1OCC(OCc2ccccc2)C(OCc2ccccc2)[C@@H]1OCc1ccccc1. The van der Waals surface area contributed by atoms with Crippen molar-refractivity contribution in [3.63, 3.8) is 0 Å². The second kappa shape index (κ2) is 22.6. The average Bonchev–Trinajstić information content (AvgIpc) is 3.30. The first kappa shape index (κ1) is 42.4. The molecule has 1 heterocycles. The molecule has 1 aliphatic heterocycles. The number of rotatable bonds is 22. The zero-order valence-electron chi connectivity index (χ0n) is 33.0. The summed E-state index contributed by atoms with van der Waals surface area (Å²) in [6.45, 7) is 1.17. The Morgan fingerprint density at radius 1 is 0.441 bits per heavy atom. The monoisotopic (exact) mass is 814 g/mol. The normalized spacial score (nSPS) is 18.6. The predicted octanol–water partition coefficient (Wildman–Crippen LogP) is 10.3. The molecule has 0 saturated carbocycles. The van der Waals surface area contributed by atoms with Crippen molar-refractivity contribution < 1.29 is 41.8 Å². The third kappa shape index (κ3) is 13.4. The predicted molar refractivity (Wildman–Crippen MR) is 226 cm³/mol. The van der Waals surface area contributed by atoms with Gasteiger partial charge in [-0.1, -0.05) is 182 Å². The molecule has 0 N–H and O–H groups in total. The summed E-state index contributed by atoms with van der Waals surface area (Å²) in [6, 6.07) is 58.8. The molecular weight excluding hydrogens is 764 g/mol. The van der Waals surface area contributed by atoms with Crippen molar-refractivity contribution in [2.75, 3.05) is 13.2 Å². The molecule has 10 heteroatoms. The summed E-state index contributed by atoms with van der Waals surface area (Å²) < 4.78 is 66.5. The molecule has 6 aromatic rings. The molecule has 0 radical (unpaired) electrons. The first-order valence-corrected chi connectivity index (χ1v) is 21.4. The molecule has 7 rings (SSSR count). The van der Waals surface area contributed by atoms with E-state index in [1.807, 2.05) is 182 Å². The van der Waals surface area contributed by atoms with Crippen molar-refractivity contribution in [2.45, 2.75) is 70.2 Å². The summed E-state index contributed by atoms with van der Waals surface area (Å²) in [5, 5.41) is 0. The summed E-state index contributed by atoms with van der Waals surface area (Å²) in [5.74, 6) is 0. The van der Waals surface area contributed by atoms with Crippen LogP contribution in [0.25, 0.3) is 0 Å². The molecule has 0 spiro atoms. The number of hydrogen-bond acceptors (Lipinski definition) is 9. The van der Waals surface area contributed by atoms with Crippen LogP contribution in [-0.2, 0) is 81.5 Å². The Morgan fingerprint density at radius 2 is 0.797 bits per heavy atom. The van der Waals surface area contributed by atoms with Crippen LogP contribution in [-0.4, -0.2) is 43.7 Å². The van der Waals surface area contributed by atoms with Crippen molar-refractivity contribution in [2.24, 2.45) is 0 Å². The van der Waals surface area contributed by atoms with Gasteiger partial charge in [0.25, 0.3) is 0 Å². The van der Waals surface area contributed by atoms with E-state index < -0.39 is 38.3 Å². The van der Waals surface area contributed by atoms with Gasteiger partial charge in [0.2, 0.25) is 0 Å².